The van der Waals surface area contributed by atoms with Crippen LogP contribution in [-0.4, -0.2) is 22.8 Å². The van der Waals surface area contributed by atoms with E-state index in [9.17, 15) is 23.1 Å². The van der Waals surface area contributed by atoms with Crippen LogP contribution in [0.4, 0.5) is 13.2 Å². The molecule has 5 nitrogen and oxygen atoms in total. The Kier molecular flexibility index (Phi) is 4.51. The normalized spacial score (nSPS) is 13.0. The molecule has 0 saturated heterocycles. The molecule has 1 atom stereocenters. The number of nitrogens with zero attached hydrogens (tertiary/aromatic N) is 1. The van der Waals surface area contributed by atoms with Crippen molar-refractivity contribution in [3.05, 3.63) is 52.9 Å². The Balaban J connectivity index is 2.27. The molecule has 1 aromatic heterocycles. The third kappa shape index (κ3) is 3.28. The first-order chi connectivity index (χ1) is 10.3. The molecule has 1 N–H and O–H groups in total. The second-order valence-corrected chi connectivity index (χ2v) is 4.36. The minimum absolute atomic E-state index is 0.0748. The lowest BCUT2D eigenvalue weighted by Gasteiger charge is -2.11. The number of ether oxygens (including phenoxy) is 1. The second-order valence-electron chi connectivity index (χ2n) is 4.36. The van der Waals surface area contributed by atoms with Gasteiger partial charge in [-0.3, -0.25) is 0 Å². The fourth-order valence-electron chi connectivity index (χ4n) is 1.82. The van der Waals surface area contributed by atoms with Crippen LogP contribution in [0.15, 0.2) is 35.1 Å². The number of aliphatic hydroxyl groups excluding tert-OH is 1. The van der Waals surface area contributed by atoms with Crippen LogP contribution in [0.2, 0.25) is 0 Å². The largest absolute Gasteiger partial charge is 0.462 e. The van der Waals surface area contributed by atoms with Crippen molar-refractivity contribution >= 4 is 5.97 Å². The zero-order chi connectivity index (χ0) is 16.3. The summed E-state index contributed by atoms with van der Waals surface area (Å²) in [4.78, 5) is 11.7. The quantitative estimate of drug-likeness (QED) is 0.878. The van der Waals surface area contributed by atoms with Crippen molar-refractivity contribution in [3.8, 4) is 0 Å². The van der Waals surface area contributed by atoms with Gasteiger partial charge in [0.15, 0.2) is 0 Å². The third-order valence-corrected chi connectivity index (χ3v) is 2.91. The first kappa shape index (κ1) is 16.0. The van der Waals surface area contributed by atoms with E-state index in [2.05, 4.69) is 9.68 Å². The Hall–Kier alpha value is -2.35. The van der Waals surface area contributed by atoms with Gasteiger partial charge in [0.2, 0.25) is 0 Å². The summed E-state index contributed by atoms with van der Waals surface area (Å²) in [6.45, 7) is 1.73. The molecule has 8 heteroatoms. The lowest BCUT2D eigenvalue weighted by Crippen LogP contribution is -2.11. The van der Waals surface area contributed by atoms with Crippen LogP contribution in [0, 0.1) is 0 Å². The summed E-state index contributed by atoms with van der Waals surface area (Å²) in [5, 5.41) is 13.7. The molecular weight excluding hydrogens is 303 g/mol. The van der Waals surface area contributed by atoms with E-state index < -0.39 is 23.8 Å². The Morgan fingerprint density at radius 3 is 2.55 bits per heavy atom. The van der Waals surface area contributed by atoms with E-state index in [-0.39, 0.29) is 23.4 Å². The van der Waals surface area contributed by atoms with E-state index >= 15 is 0 Å². The smallest absolute Gasteiger partial charge is 0.416 e. The summed E-state index contributed by atoms with van der Waals surface area (Å²) in [5.74, 6) is -0.732. The first-order valence-electron chi connectivity index (χ1n) is 6.31. The highest BCUT2D eigenvalue weighted by molar-refractivity contribution is 5.90. The highest BCUT2D eigenvalue weighted by atomic mass is 19.4. The minimum atomic E-state index is -4.46. The Morgan fingerprint density at radius 2 is 2.00 bits per heavy atom. The van der Waals surface area contributed by atoms with Gasteiger partial charge in [0.25, 0.3) is 0 Å². The number of carbonyl (C=O) groups is 1. The zero-order valence-electron chi connectivity index (χ0n) is 11.4. The van der Waals surface area contributed by atoms with Crippen LogP contribution in [0.5, 0.6) is 0 Å². The summed E-state index contributed by atoms with van der Waals surface area (Å²) in [5.41, 5.74) is -0.880. The van der Waals surface area contributed by atoms with Crippen molar-refractivity contribution in [2.24, 2.45) is 0 Å². The molecule has 2 aromatic rings. The molecular formula is C14H12F3NO4. The fraction of sp³-hybridized carbons (Fsp3) is 0.286. The topological polar surface area (TPSA) is 72.6 Å². The molecule has 1 aromatic carbocycles. The van der Waals surface area contributed by atoms with Crippen molar-refractivity contribution < 1.29 is 32.3 Å². The van der Waals surface area contributed by atoms with Gasteiger partial charge >= 0.3 is 12.1 Å². The summed E-state index contributed by atoms with van der Waals surface area (Å²) >= 11 is 0. The minimum Gasteiger partial charge on any atom is -0.462 e. The van der Waals surface area contributed by atoms with Gasteiger partial charge in [-0.15, -0.1) is 0 Å². The average molecular weight is 315 g/mol. The number of hydrogen-bond donors (Lipinski definition) is 1. The number of hydrogen-bond acceptors (Lipinski definition) is 5. The molecule has 0 spiro atoms. The summed E-state index contributed by atoms with van der Waals surface area (Å²) < 4.78 is 46.9. The lowest BCUT2D eigenvalue weighted by atomic mass is 10.0. The fourth-order valence-corrected chi connectivity index (χ4v) is 1.82. The molecule has 118 valence electrons. The Bertz CT molecular complexity index is 649. The molecule has 1 heterocycles. The molecule has 0 bridgehead atoms. The van der Waals surface area contributed by atoms with Gasteiger partial charge in [-0.05, 0) is 24.6 Å². The molecule has 1 unspecified atom stereocenters. The molecule has 0 amide bonds. The maximum absolute atomic E-state index is 12.5. The van der Waals surface area contributed by atoms with Crippen LogP contribution < -0.4 is 0 Å². The van der Waals surface area contributed by atoms with Crippen molar-refractivity contribution in [3.63, 3.8) is 0 Å². The number of benzene rings is 1. The standard InChI is InChI=1S/C14H12F3NO4/c1-2-21-13(20)10-7-22-18-11(10)12(19)8-3-5-9(6-4-8)14(15,16)17/h3-7,12,19H,2H2,1H3. The molecule has 2 rings (SSSR count). The van der Waals surface area contributed by atoms with E-state index in [0.29, 0.717) is 0 Å². The van der Waals surface area contributed by atoms with Crippen LogP contribution in [0.1, 0.15) is 40.2 Å². The van der Waals surface area contributed by atoms with E-state index in [1.807, 2.05) is 0 Å². The van der Waals surface area contributed by atoms with Crippen molar-refractivity contribution in [2.75, 3.05) is 6.61 Å². The molecule has 0 fully saturated rings. The number of aliphatic hydroxyl groups is 1. The maximum atomic E-state index is 12.5. The number of halogens is 3. The third-order valence-electron chi connectivity index (χ3n) is 2.91. The van der Waals surface area contributed by atoms with Crippen LogP contribution in [-0.2, 0) is 10.9 Å². The second kappa shape index (κ2) is 6.18. The average Bonchev–Trinajstić information content (AvgIpc) is 2.95. The van der Waals surface area contributed by atoms with E-state index in [1.54, 1.807) is 6.92 Å². The maximum Gasteiger partial charge on any atom is 0.416 e. The molecule has 0 aliphatic carbocycles. The number of aromatic nitrogens is 1. The highest BCUT2D eigenvalue weighted by Crippen LogP contribution is 2.31. The summed E-state index contributed by atoms with van der Waals surface area (Å²) in [7, 11) is 0. The number of esters is 1. The SMILES string of the molecule is CCOC(=O)c1conc1C(O)c1ccc(C(F)(F)F)cc1. The van der Waals surface area contributed by atoms with E-state index in [0.717, 1.165) is 30.5 Å². The first-order valence-corrected chi connectivity index (χ1v) is 6.31. The molecule has 0 radical (unpaired) electrons. The number of alkyl halides is 3. The molecule has 0 saturated carbocycles. The van der Waals surface area contributed by atoms with Gasteiger partial charge in [0.1, 0.15) is 23.6 Å². The predicted octanol–water partition coefficient (Wildman–Crippen LogP) is 2.95. The van der Waals surface area contributed by atoms with Gasteiger partial charge in [-0.1, -0.05) is 17.3 Å². The van der Waals surface area contributed by atoms with Crippen molar-refractivity contribution in [1.29, 1.82) is 0 Å². The van der Waals surface area contributed by atoms with Crippen LogP contribution in [0.25, 0.3) is 0 Å². The Labute approximate surface area is 123 Å². The number of rotatable bonds is 4. The summed E-state index contributed by atoms with van der Waals surface area (Å²) in [6, 6.07) is 3.89. The van der Waals surface area contributed by atoms with Crippen LogP contribution in [0.3, 0.4) is 0 Å². The molecule has 0 aliphatic heterocycles. The van der Waals surface area contributed by atoms with Gasteiger partial charge in [-0.25, -0.2) is 4.79 Å². The molecule has 22 heavy (non-hydrogen) atoms. The zero-order valence-corrected chi connectivity index (χ0v) is 11.4. The van der Waals surface area contributed by atoms with E-state index in [4.69, 9.17) is 4.74 Å². The van der Waals surface area contributed by atoms with Crippen molar-refractivity contribution in [1.82, 2.24) is 5.16 Å². The van der Waals surface area contributed by atoms with Gasteiger partial charge in [0.05, 0.1) is 12.2 Å². The summed E-state index contributed by atoms with van der Waals surface area (Å²) in [6.07, 6.45) is -4.85. The monoisotopic (exact) mass is 315 g/mol. The Morgan fingerprint density at radius 1 is 1.36 bits per heavy atom. The van der Waals surface area contributed by atoms with Gasteiger partial charge in [0, 0.05) is 0 Å². The van der Waals surface area contributed by atoms with E-state index in [1.165, 1.54) is 0 Å². The predicted molar refractivity (Wildman–Crippen MR) is 68.0 cm³/mol. The van der Waals surface area contributed by atoms with Crippen molar-refractivity contribution in [2.45, 2.75) is 19.2 Å². The lowest BCUT2D eigenvalue weighted by molar-refractivity contribution is -0.137. The van der Waals surface area contributed by atoms with Gasteiger partial charge < -0.3 is 14.4 Å². The van der Waals surface area contributed by atoms with Crippen LogP contribution >= 0.6 is 0 Å². The molecule has 0 aliphatic rings. The van der Waals surface area contributed by atoms with Gasteiger partial charge in [-0.2, -0.15) is 13.2 Å². The number of carbonyl (C=O) groups excluding carboxylic acids is 1. The highest BCUT2D eigenvalue weighted by Gasteiger charge is 2.31.